The number of aryl methyl sites for hydroxylation is 1. The van der Waals surface area contributed by atoms with Gasteiger partial charge in [-0.3, -0.25) is 0 Å². The van der Waals surface area contributed by atoms with E-state index in [2.05, 4.69) is 61.4 Å². The average molecular weight is 272 g/mol. The molecular weight excluding hydrogens is 258 g/mol. The van der Waals surface area contributed by atoms with Crippen LogP contribution in [0, 0.1) is 6.92 Å². The van der Waals surface area contributed by atoms with Gasteiger partial charge >= 0.3 is 5.65 Å². The van der Waals surface area contributed by atoms with Crippen molar-refractivity contribution in [1.82, 2.24) is 30.4 Å². The number of nitrogens with zero attached hydrogens (tertiary/aromatic N) is 8. The van der Waals surface area contributed by atoms with E-state index in [0.29, 0.717) is 23.1 Å². The number of nitrogens with one attached hydrogen (secondary N) is 1. The maximum Gasteiger partial charge on any atom is 0.325 e. The minimum atomic E-state index is -0.188. The van der Waals surface area contributed by atoms with Crippen molar-refractivity contribution in [1.29, 1.82) is 0 Å². The molecule has 0 aliphatic rings. The molecule has 20 heavy (non-hydrogen) atoms. The van der Waals surface area contributed by atoms with Gasteiger partial charge in [0.25, 0.3) is 5.95 Å². The van der Waals surface area contributed by atoms with E-state index in [4.69, 9.17) is 0 Å². The van der Waals surface area contributed by atoms with Crippen LogP contribution in [-0.2, 0) is 5.41 Å². The fraction of sp³-hybridized carbons (Fsp3) is 0.455. The zero-order valence-electron chi connectivity index (χ0n) is 11.7. The van der Waals surface area contributed by atoms with Gasteiger partial charge in [0, 0.05) is 0 Å². The van der Waals surface area contributed by atoms with Crippen LogP contribution in [0.15, 0.2) is 16.6 Å². The maximum atomic E-state index is 4.45. The van der Waals surface area contributed by atoms with Crippen LogP contribution in [0.3, 0.4) is 0 Å². The van der Waals surface area contributed by atoms with Crippen molar-refractivity contribution >= 4 is 17.3 Å². The van der Waals surface area contributed by atoms with E-state index in [-0.39, 0.29) is 5.41 Å². The number of hydrogen-bond donors (Lipinski definition) is 1. The van der Waals surface area contributed by atoms with Gasteiger partial charge in [0.1, 0.15) is 6.33 Å². The standard InChI is InChI=1S/C11H14N9/c1-6-14-9-7(15-17-10-12-5-13-16-10)8(11(2,3)4)19-20(9)18-6/h5H,1-4H3,(H-,12,13,14,16,18)/q-1. The summed E-state index contributed by atoms with van der Waals surface area (Å²) >= 11 is 0. The number of fused-ring (bicyclic) bond motifs is 1. The molecule has 0 saturated carbocycles. The molecule has 0 bridgehead atoms. The monoisotopic (exact) mass is 272 g/mol. The number of aromatic amines is 1. The second kappa shape index (κ2) is 4.22. The van der Waals surface area contributed by atoms with E-state index in [1.165, 1.54) is 11.0 Å². The molecule has 0 amide bonds. The molecule has 3 aromatic rings. The van der Waals surface area contributed by atoms with Gasteiger partial charge in [0.05, 0.1) is 5.82 Å². The number of azo groups is 1. The summed E-state index contributed by atoms with van der Waals surface area (Å²) in [4.78, 5) is 8.24. The van der Waals surface area contributed by atoms with Crippen LogP contribution < -0.4 is 14.8 Å². The zero-order valence-corrected chi connectivity index (χ0v) is 11.7. The van der Waals surface area contributed by atoms with Crippen molar-refractivity contribution in [3.63, 3.8) is 0 Å². The molecule has 0 saturated heterocycles. The summed E-state index contributed by atoms with van der Waals surface area (Å²) in [6.07, 6.45) is 1.37. The number of aromatic nitrogens is 7. The number of rotatable bonds is 2. The number of H-pyrrole nitrogens is 1. The Morgan fingerprint density at radius 3 is 2.70 bits per heavy atom. The summed E-state index contributed by atoms with van der Waals surface area (Å²) in [7, 11) is 0. The van der Waals surface area contributed by atoms with Gasteiger partial charge < -0.3 is 14.8 Å². The summed E-state index contributed by atoms with van der Waals surface area (Å²) < 4.78 is 1.49. The summed E-state index contributed by atoms with van der Waals surface area (Å²) in [5.41, 5.74) is 1.80. The molecule has 3 heterocycles. The molecule has 0 aromatic carbocycles. The van der Waals surface area contributed by atoms with Gasteiger partial charge in [-0.05, 0) is 12.3 Å². The third-order valence-electron chi connectivity index (χ3n) is 2.68. The Balaban J connectivity index is 2.15. The Bertz CT molecular complexity index is 754. The van der Waals surface area contributed by atoms with Crippen molar-refractivity contribution in [3.05, 3.63) is 17.8 Å². The zero-order chi connectivity index (χ0) is 14.3. The molecule has 0 fully saturated rings. The van der Waals surface area contributed by atoms with Gasteiger partial charge in [-0.2, -0.15) is 10.1 Å². The SMILES string of the molecule is Cc1nc2c(N=Nc3ncn[nH]3)c(C(C)(C)C)[n-][n+]2[n-]1. The Kier molecular flexibility index (Phi) is 2.63. The van der Waals surface area contributed by atoms with Crippen molar-refractivity contribution in [2.45, 2.75) is 33.1 Å². The van der Waals surface area contributed by atoms with E-state index in [9.17, 15) is 0 Å². The van der Waals surface area contributed by atoms with Crippen LogP contribution in [0.4, 0.5) is 11.6 Å². The lowest BCUT2D eigenvalue weighted by atomic mass is 9.91. The van der Waals surface area contributed by atoms with E-state index in [1.54, 1.807) is 0 Å². The topological polar surface area (TPSA) is 111 Å². The van der Waals surface area contributed by atoms with E-state index in [0.717, 1.165) is 5.69 Å². The molecule has 3 rings (SSSR count). The highest BCUT2D eigenvalue weighted by Gasteiger charge is 2.20. The van der Waals surface area contributed by atoms with Crippen LogP contribution in [0.25, 0.3) is 5.65 Å². The molecule has 9 heteroatoms. The van der Waals surface area contributed by atoms with Crippen LogP contribution in [0.5, 0.6) is 0 Å². The minimum absolute atomic E-state index is 0.188. The highest BCUT2D eigenvalue weighted by Crippen LogP contribution is 2.31. The molecule has 104 valence electrons. The van der Waals surface area contributed by atoms with Gasteiger partial charge in [-0.1, -0.05) is 31.4 Å². The molecule has 0 atom stereocenters. The van der Waals surface area contributed by atoms with Crippen molar-refractivity contribution < 1.29 is 4.63 Å². The Morgan fingerprint density at radius 2 is 2.05 bits per heavy atom. The van der Waals surface area contributed by atoms with Crippen LogP contribution in [-0.4, -0.2) is 20.2 Å². The Hall–Kier alpha value is -2.58. The predicted octanol–water partition coefficient (Wildman–Crippen LogP) is 0.874. The van der Waals surface area contributed by atoms with Crippen LogP contribution in [0.2, 0.25) is 0 Å². The van der Waals surface area contributed by atoms with Crippen molar-refractivity contribution in [3.8, 4) is 0 Å². The molecule has 0 spiro atoms. The summed E-state index contributed by atoms with van der Waals surface area (Å²) in [6.45, 7) is 7.96. The third kappa shape index (κ3) is 2.06. The predicted molar refractivity (Wildman–Crippen MR) is 68.0 cm³/mol. The average Bonchev–Trinajstić information content (AvgIpc) is 3.00. The molecule has 0 unspecified atom stereocenters. The second-order valence-corrected chi connectivity index (χ2v) is 5.43. The van der Waals surface area contributed by atoms with Crippen LogP contribution in [0.1, 0.15) is 32.3 Å². The first-order valence-electron chi connectivity index (χ1n) is 6.13. The largest absolute Gasteiger partial charge is 0.509 e. The fourth-order valence-corrected chi connectivity index (χ4v) is 1.81. The van der Waals surface area contributed by atoms with Gasteiger partial charge in [-0.25, -0.2) is 5.10 Å². The second-order valence-electron chi connectivity index (χ2n) is 5.43. The lowest BCUT2D eigenvalue weighted by Crippen LogP contribution is -2.31. The highest BCUT2D eigenvalue weighted by atomic mass is 15.5. The van der Waals surface area contributed by atoms with Gasteiger partial charge in [0.15, 0.2) is 5.69 Å². The minimum Gasteiger partial charge on any atom is -0.509 e. The van der Waals surface area contributed by atoms with Gasteiger partial charge in [0.2, 0.25) is 0 Å². The van der Waals surface area contributed by atoms with E-state index in [1.807, 2.05) is 6.92 Å². The first-order valence-corrected chi connectivity index (χ1v) is 6.13. The first kappa shape index (κ1) is 12.5. The normalized spacial score (nSPS) is 12.8. The molecule has 0 radical (unpaired) electrons. The smallest absolute Gasteiger partial charge is 0.325 e. The van der Waals surface area contributed by atoms with Gasteiger partial charge in [-0.15, -0.1) is 10.2 Å². The molecule has 0 aliphatic heterocycles. The van der Waals surface area contributed by atoms with E-state index < -0.39 is 0 Å². The quantitative estimate of drug-likeness (QED) is 0.549. The molecule has 3 aromatic heterocycles. The van der Waals surface area contributed by atoms with E-state index >= 15 is 0 Å². The van der Waals surface area contributed by atoms with Crippen LogP contribution >= 0.6 is 0 Å². The molecule has 1 N–H and O–H groups in total. The van der Waals surface area contributed by atoms with Crippen molar-refractivity contribution in [2.75, 3.05) is 0 Å². The lowest BCUT2D eigenvalue weighted by Gasteiger charge is -2.23. The summed E-state index contributed by atoms with van der Waals surface area (Å²) in [6, 6.07) is 0. The molecule has 9 nitrogen and oxygen atoms in total. The Labute approximate surface area is 114 Å². The molecular formula is C11H14N9-. The third-order valence-corrected chi connectivity index (χ3v) is 2.68. The molecule has 0 aliphatic carbocycles. The maximum absolute atomic E-state index is 4.45. The highest BCUT2D eigenvalue weighted by molar-refractivity contribution is 5.63. The number of hydrogen-bond acceptors (Lipinski definition) is 5. The first-order chi connectivity index (χ1) is 9.45. The fourth-order valence-electron chi connectivity index (χ4n) is 1.81. The summed E-state index contributed by atoms with van der Waals surface area (Å²) in [5, 5.41) is 23.2. The lowest BCUT2D eigenvalue weighted by molar-refractivity contribution is -0.649. The van der Waals surface area contributed by atoms with Crippen molar-refractivity contribution in [2.24, 2.45) is 10.2 Å². The Morgan fingerprint density at radius 1 is 1.25 bits per heavy atom. The summed E-state index contributed by atoms with van der Waals surface area (Å²) in [5.74, 6) is 0.976.